The van der Waals surface area contributed by atoms with Crippen LogP contribution in [0, 0.1) is 12.8 Å². The van der Waals surface area contributed by atoms with Crippen molar-refractivity contribution >= 4 is 0 Å². The van der Waals surface area contributed by atoms with Crippen molar-refractivity contribution < 1.29 is 5.11 Å². The first-order valence-electron chi connectivity index (χ1n) is 6.55. The van der Waals surface area contributed by atoms with Crippen LogP contribution in [0.3, 0.4) is 0 Å². The van der Waals surface area contributed by atoms with E-state index in [4.69, 9.17) is 5.11 Å². The van der Waals surface area contributed by atoms with E-state index in [-0.39, 0.29) is 6.61 Å². The maximum Gasteiger partial charge on any atom is 0.0443 e. The topological polar surface area (TPSA) is 32.3 Å². The Kier molecular flexibility index (Phi) is 6.23. The molecule has 2 N–H and O–H groups in total. The van der Waals surface area contributed by atoms with E-state index in [9.17, 15) is 0 Å². The fourth-order valence-electron chi connectivity index (χ4n) is 2.12. The van der Waals surface area contributed by atoms with Crippen molar-refractivity contribution in [2.75, 3.05) is 13.2 Å². The molecule has 0 aromatic heterocycles. The second kappa shape index (κ2) is 7.46. The molecule has 0 saturated heterocycles. The highest BCUT2D eigenvalue weighted by Gasteiger charge is 2.14. The molecule has 1 aromatic carbocycles. The van der Waals surface area contributed by atoms with Crippen LogP contribution in [0.25, 0.3) is 0 Å². The third-order valence-corrected chi connectivity index (χ3v) is 3.00. The third kappa shape index (κ3) is 4.88. The molecule has 0 fully saturated rings. The fraction of sp³-hybridized carbons (Fsp3) is 0.600. The molecule has 1 aromatic rings. The van der Waals surface area contributed by atoms with Crippen LogP contribution < -0.4 is 5.32 Å². The predicted molar refractivity (Wildman–Crippen MR) is 73.1 cm³/mol. The van der Waals surface area contributed by atoms with E-state index in [2.05, 4.69) is 50.4 Å². The van der Waals surface area contributed by atoms with Gasteiger partial charge in [0.2, 0.25) is 0 Å². The minimum Gasteiger partial charge on any atom is -0.396 e. The maximum absolute atomic E-state index is 8.85. The molecule has 0 bridgehead atoms. The molecule has 0 aliphatic carbocycles. The average molecular weight is 235 g/mol. The van der Waals surface area contributed by atoms with E-state index in [0.29, 0.717) is 12.0 Å². The number of aryl methyl sites for hydroxylation is 1. The van der Waals surface area contributed by atoms with Crippen LogP contribution in [-0.2, 0) is 0 Å². The first-order chi connectivity index (χ1) is 8.15. The molecule has 17 heavy (non-hydrogen) atoms. The van der Waals surface area contributed by atoms with E-state index >= 15 is 0 Å². The Morgan fingerprint density at radius 2 is 1.94 bits per heavy atom. The zero-order valence-electron chi connectivity index (χ0n) is 11.2. The Hall–Kier alpha value is -0.860. The Labute approximate surface area is 105 Å². The molecular weight excluding hydrogens is 210 g/mol. The lowest BCUT2D eigenvalue weighted by Crippen LogP contribution is -2.25. The fourth-order valence-corrected chi connectivity index (χ4v) is 2.12. The van der Waals surface area contributed by atoms with Gasteiger partial charge in [0.05, 0.1) is 0 Å². The van der Waals surface area contributed by atoms with Crippen molar-refractivity contribution in [3.63, 3.8) is 0 Å². The molecule has 0 spiro atoms. The molecule has 0 heterocycles. The molecule has 0 radical (unpaired) electrons. The number of hydrogen-bond acceptors (Lipinski definition) is 2. The zero-order chi connectivity index (χ0) is 12.7. The van der Waals surface area contributed by atoms with E-state index in [1.807, 2.05) is 0 Å². The largest absolute Gasteiger partial charge is 0.396 e. The minimum atomic E-state index is 0.259. The first-order valence-corrected chi connectivity index (χ1v) is 6.55. The summed E-state index contributed by atoms with van der Waals surface area (Å²) in [7, 11) is 0. The van der Waals surface area contributed by atoms with Crippen LogP contribution >= 0.6 is 0 Å². The van der Waals surface area contributed by atoms with Gasteiger partial charge in [-0.15, -0.1) is 0 Å². The number of benzene rings is 1. The number of rotatable bonds is 7. The summed E-state index contributed by atoms with van der Waals surface area (Å²) in [5.41, 5.74) is 2.73. The zero-order valence-corrected chi connectivity index (χ0v) is 11.2. The Morgan fingerprint density at radius 3 is 2.53 bits per heavy atom. The third-order valence-electron chi connectivity index (χ3n) is 3.00. The smallest absolute Gasteiger partial charge is 0.0443 e. The second-order valence-electron chi connectivity index (χ2n) is 5.07. The molecule has 1 unspecified atom stereocenters. The van der Waals surface area contributed by atoms with Gasteiger partial charge in [0.25, 0.3) is 0 Å². The quantitative estimate of drug-likeness (QED) is 0.712. The second-order valence-corrected chi connectivity index (χ2v) is 5.07. The monoisotopic (exact) mass is 235 g/mol. The van der Waals surface area contributed by atoms with Crippen molar-refractivity contribution in [3.05, 3.63) is 35.4 Å². The highest BCUT2D eigenvalue weighted by Crippen LogP contribution is 2.23. The molecule has 0 aliphatic rings. The molecular formula is C15H25NO. The lowest BCUT2D eigenvalue weighted by Gasteiger charge is -2.22. The summed E-state index contributed by atoms with van der Waals surface area (Å²) in [4.78, 5) is 0. The number of hydrogen-bond donors (Lipinski definition) is 2. The van der Waals surface area contributed by atoms with Crippen LogP contribution in [0.15, 0.2) is 24.3 Å². The summed E-state index contributed by atoms with van der Waals surface area (Å²) < 4.78 is 0. The van der Waals surface area contributed by atoms with Gasteiger partial charge in [-0.2, -0.15) is 0 Å². The predicted octanol–water partition coefficient (Wildman–Crippen LogP) is 3.05. The molecule has 0 aliphatic heterocycles. The van der Waals surface area contributed by atoms with Crippen molar-refractivity contribution in [2.45, 2.75) is 39.7 Å². The Balaban J connectivity index is 2.71. The molecule has 1 atom stereocenters. The van der Waals surface area contributed by atoms with Gasteiger partial charge in [0.1, 0.15) is 0 Å². The SMILES string of the molecule is Cc1ccccc1C(CC(C)C)NCCCO. The van der Waals surface area contributed by atoms with E-state index in [1.54, 1.807) is 0 Å². The van der Waals surface area contributed by atoms with Crippen molar-refractivity contribution in [2.24, 2.45) is 5.92 Å². The Bertz CT molecular complexity index is 322. The summed E-state index contributed by atoms with van der Waals surface area (Å²) in [6.45, 7) is 7.80. The maximum atomic E-state index is 8.85. The minimum absolute atomic E-state index is 0.259. The highest BCUT2D eigenvalue weighted by molar-refractivity contribution is 5.28. The summed E-state index contributed by atoms with van der Waals surface area (Å²) >= 11 is 0. The normalized spacial score (nSPS) is 13.0. The first kappa shape index (κ1) is 14.2. The van der Waals surface area contributed by atoms with E-state index < -0.39 is 0 Å². The highest BCUT2D eigenvalue weighted by atomic mass is 16.3. The van der Waals surface area contributed by atoms with Crippen LogP contribution in [0.5, 0.6) is 0 Å². The molecule has 96 valence electrons. The molecule has 0 saturated carbocycles. The summed E-state index contributed by atoms with van der Waals surface area (Å²) in [6.07, 6.45) is 1.96. The van der Waals surface area contributed by atoms with Gasteiger partial charge in [-0.25, -0.2) is 0 Å². The molecule has 2 nitrogen and oxygen atoms in total. The number of aliphatic hydroxyl groups is 1. The van der Waals surface area contributed by atoms with Gasteiger partial charge in [-0.05, 0) is 43.4 Å². The van der Waals surface area contributed by atoms with Gasteiger partial charge in [0, 0.05) is 12.6 Å². The van der Waals surface area contributed by atoms with E-state index in [1.165, 1.54) is 11.1 Å². The molecule has 0 amide bonds. The average Bonchev–Trinajstić information content (AvgIpc) is 2.28. The van der Waals surface area contributed by atoms with Crippen molar-refractivity contribution in [3.8, 4) is 0 Å². The lowest BCUT2D eigenvalue weighted by molar-refractivity contribution is 0.281. The standard InChI is InChI=1S/C15H25NO/c1-12(2)11-15(16-9-6-10-17)14-8-5-4-7-13(14)3/h4-5,7-8,12,15-17H,6,9-11H2,1-3H3. The van der Waals surface area contributed by atoms with E-state index in [0.717, 1.165) is 19.4 Å². The van der Waals surface area contributed by atoms with Crippen molar-refractivity contribution in [1.82, 2.24) is 5.32 Å². The van der Waals surface area contributed by atoms with Gasteiger partial charge in [-0.1, -0.05) is 38.1 Å². The number of aliphatic hydroxyl groups excluding tert-OH is 1. The van der Waals surface area contributed by atoms with Gasteiger partial charge in [-0.3, -0.25) is 0 Å². The number of nitrogens with one attached hydrogen (secondary N) is 1. The van der Waals surface area contributed by atoms with Crippen LogP contribution in [0.2, 0.25) is 0 Å². The van der Waals surface area contributed by atoms with Gasteiger partial charge in [0.15, 0.2) is 0 Å². The summed E-state index contributed by atoms with van der Waals surface area (Å²) in [6, 6.07) is 8.95. The van der Waals surface area contributed by atoms with Crippen LogP contribution in [-0.4, -0.2) is 18.3 Å². The Morgan fingerprint density at radius 1 is 1.24 bits per heavy atom. The van der Waals surface area contributed by atoms with Crippen molar-refractivity contribution in [1.29, 1.82) is 0 Å². The summed E-state index contributed by atoms with van der Waals surface area (Å²) in [5.74, 6) is 0.668. The lowest BCUT2D eigenvalue weighted by atomic mass is 9.94. The van der Waals surface area contributed by atoms with Gasteiger partial charge >= 0.3 is 0 Å². The molecule has 1 rings (SSSR count). The summed E-state index contributed by atoms with van der Waals surface area (Å²) in [5, 5.41) is 12.4. The van der Waals surface area contributed by atoms with Gasteiger partial charge < -0.3 is 10.4 Å². The molecule has 2 heteroatoms. The van der Waals surface area contributed by atoms with Crippen LogP contribution in [0.1, 0.15) is 43.9 Å². The van der Waals surface area contributed by atoms with Crippen LogP contribution in [0.4, 0.5) is 0 Å².